The van der Waals surface area contributed by atoms with Crippen molar-refractivity contribution in [3.63, 3.8) is 0 Å². The number of carbonyl (C=O) groups is 2. The van der Waals surface area contributed by atoms with Crippen LogP contribution in [0.1, 0.15) is 26.8 Å². The predicted molar refractivity (Wildman–Crippen MR) is 95.7 cm³/mol. The lowest BCUT2D eigenvalue weighted by Gasteiger charge is -2.37. The number of ether oxygens (including phenoxy) is 1. The number of carboxylic acids is 1. The number of tetrazole rings is 1. The molecule has 1 fully saturated rings. The third-order valence-corrected chi connectivity index (χ3v) is 4.44. The van der Waals surface area contributed by atoms with Crippen LogP contribution in [0.3, 0.4) is 0 Å². The zero-order chi connectivity index (χ0) is 19.6. The van der Waals surface area contributed by atoms with Crippen molar-refractivity contribution >= 4 is 11.9 Å². The summed E-state index contributed by atoms with van der Waals surface area (Å²) < 4.78 is 5.39. The van der Waals surface area contributed by atoms with Gasteiger partial charge >= 0.3 is 5.97 Å². The molecule has 0 saturated carbocycles. The average molecular weight is 373 g/mol. The Labute approximate surface area is 156 Å². The molecule has 1 amide bonds. The van der Waals surface area contributed by atoms with Gasteiger partial charge in [0.1, 0.15) is 0 Å². The summed E-state index contributed by atoms with van der Waals surface area (Å²) in [6, 6.07) is 8.72. The summed E-state index contributed by atoms with van der Waals surface area (Å²) >= 11 is 0. The summed E-state index contributed by atoms with van der Waals surface area (Å²) in [5, 5.41) is 21.8. The Morgan fingerprint density at radius 2 is 1.93 bits per heavy atom. The summed E-state index contributed by atoms with van der Waals surface area (Å²) in [7, 11) is 0. The van der Waals surface area contributed by atoms with Crippen LogP contribution in [0.4, 0.5) is 0 Å². The molecule has 0 bridgehead atoms. The number of nitrogens with zero attached hydrogens (tertiary/aromatic N) is 5. The van der Waals surface area contributed by atoms with Gasteiger partial charge in [0.15, 0.2) is 12.1 Å². The molecule has 1 N–H and O–H groups in total. The molecular weight excluding hydrogens is 350 g/mol. The SMILES string of the molecule is CC(C)C(C(=O)N1CC(C(=O)O)O[C@H](C)C1)n1nnc(-c2ccccc2)n1. The van der Waals surface area contributed by atoms with Gasteiger partial charge in [-0.05, 0) is 18.1 Å². The van der Waals surface area contributed by atoms with Gasteiger partial charge in [-0.25, -0.2) is 4.79 Å². The molecule has 1 aliphatic rings. The highest BCUT2D eigenvalue weighted by Crippen LogP contribution is 2.23. The van der Waals surface area contributed by atoms with Crippen molar-refractivity contribution in [3.8, 4) is 11.4 Å². The third-order valence-electron chi connectivity index (χ3n) is 4.44. The fourth-order valence-corrected chi connectivity index (χ4v) is 3.15. The van der Waals surface area contributed by atoms with E-state index in [1.54, 1.807) is 6.92 Å². The number of hydrogen-bond donors (Lipinski definition) is 1. The van der Waals surface area contributed by atoms with Gasteiger partial charge in [-0.1, -0.05) is 44.2 Å². The van der Waals surface area contributed by atoms with Crippen LogP contribution in [-0.2, 0) is 14.3 Å². The molecule has 0 spiro atoms. The highest BCUT2D eigenvalue weighted by atomic mass is 16.5. The van der Waals surface area contributed by atoms with Crippen molar-refractivity contribution in [1.82, 2.24) is 25.1 Å². The van der Waals surface area contributed by atoms with Crippen molar-refractivity contribution in [2.45, 2.75) is 39.0 Å². The molecule has 0 aliphatic carbocycles. The van der Waals surface area contributed by atoms with E-state index < -0.39 is 18.1 Å². The molecule has 3 atom stereocenters. The largest absolute Gasteiger partial charge is 0.479 e. The second kappa shape index (κ2) is 7.83. The number of carbonyl (C=O) groups excluding carboxylic acids is 1. The zero-order valence-electron chi connectivity index (χ0n) is 15.5. The Bertz CT molecular complexity index is 807. The van der Waals surface area contributed by atoms with Crippen molar-refractivity contribution in [2.24, 2.45) is 5.92 Å². The minimum atomic E-state index is -1.08. The lowest BCUT2D eigenvalue weighted by atomic mass is 10.0. The first-order valence-electron chi connectivity index (χ1n) is 8.88. The molecule has 2 aromatic rings. The molecule has 1 aromatic carbocycles. The molecule has 144 valence electrons. The quantitative estimate of drug-likeness (QED) is 0.839. The molecule has 27 heavy (non-hydrogen) atoms. The normalized spacial score (nSPS) is 21.3. The summed E-state index contributed by atoms with van der Waals surface area (Å²) in [4.78, 5) is 27.3. The second-order valence-corrected chi connectivity index (χ2v) is 7.01. The van der Waals surface area contributed by atoms with Crippen LogP contribution in [0.2, 0.25) is 0 Å². The van der Waals surface area contributed by atoms with Gasteiger partial charge in [0, 0.05) is 12.1 Å². The first kappa shape index (κ1) is 19.0. The minimum absolute atomic E-state index is 0.00195. The van der Waals surface area contributed by atoms with Crippen LogP contribution in [0.5, 0.6) is 0 Å². The maximum atomic E-state index is 13.1. The number of hydrogen-bond acceptors (Lipinski definition) is 6. The summed E-state index contributed by atoms with van der Waals surface area (Å²) in [5.41, 5.74) is 0.810. The van der Waals surface area contributed by atoms with Crippen LogP contribution in [0.15, 0.2) is 30.3 Å². The van der Waals surface area contributed by atoms with Crippen molar-refractivity contribution < 1.29 is 19.4 Å². The van der Waals surface area contributed by atoms with Gasteiger partial charge in [-0.2, -0.15) is 4.80 Å². The monoisotopic (exact) mass is 373 g/mol. The number of rotatable bonds is 5. The zero-order valence-corrected chi connectivity index (χ0v) is 15.5. The Morgan fingerprint density at radius 3 is 2.56 bits per heavy atom. The van der Waals surface area contributed by atoms with Crippen LogP contribution in [-0.4, -0.2) is 67.4 Å². The highest BCUT2D eigenvalue weighted by Gasteiger charge is 2.37. The van der Waals surface area contributed by atoms with Gasteiger partial charge in [-0.3, -0.25) is 4.79 Å². The van der Waals surface area contributed by atoms with Crippen molar-refractivity contribution in [1.29, 1.82) is 0 Å². The van der Waals surface area contributed by atoms with E-state index in [1.165, 1.54) is 9.70 Å². The average Bonchev–Trinajstić information content (AvgIpc) is 3.11. The fraction of sp³-hybridized carbons (Fsp3) is 0.500. The van der Waals surface area contributed by atoms with Gasteiger partial charge in [0.2, 0.25) is 11.7 Å². The standard InChI is InChI=1S/C18H23N5O4/c1-11(2)15(17(24)22-9-12(3)27-14(10-22)18(25)26)23-20-16(19-21-23)13-7-5-4-6-8-13/h4-8,11-12,14-15H,9-10H2,1-3H3,(H,25,26)/t12-,14?,15?/m1/s1. The maximum absolute atomic E-state index is 13.1. The molecular formula is C18H23N5O4. The lowest BCUT2D eigenvalue weighted by Crippen LogP contribution is -2.54. The first-order valence-corrected chi connectivity index (χ1v) is 8.88. The Balaban J connectivity index is 1.84. The topological polar surface area (TPSA) is 110 Å². The number of benzene rings is 1. The molecule has 0 radical (unpaired) electrons. The predicted octanol–water partition coefficient (Wildman–Crippen LogP) is 1.24. The van der Waals surface area contributed by atoms with Crippen LogP contribution >= 0.6 is 0 Å². The first-order chi connectivity index (χ1) is 12.9. The second-order valence-electron chi connectivity index (χ2n) is 7.01. The molecule has 1 aliphatic heterocycles. The Morgan fingerprint density at radius 1 is 1.22 bits per heavy atom. The Hall–Kier alpha value is -2.81. The molecule has 9 nitrogen and oxygen atoms in total. The molecule has 2 unspecified atom stereocenters. The van der Waals surface area contributed by atoms with E-state index in [2.05, 4.69) is 15.4 Å². The minimum Gasteiger partial charge on any atom is -0.479 e. The lowest BCUT2D eigenvalue weighted by molar-refractivity contribution is -0.168. The summed E-state index contributed by atoms with van der Waals surface area (Å²) in [6.45, 7) is 5.87. The van der Waals surface area contributed by atoms with Crippen LogP contribution < -0.4 is 0 Å². The van der Waals surface area contributed by atoms with Crippen LogP contribution in [0, 0.1) is 5.92 Å². The Kier molecular flexibility index (Phi) is 5.50. The highest BCUT2D eigenvalue weighted by molar-refractivity contribution is 5.82. The number of aromatic nitrogens is 4. The fourth-order valence-electron chi connectivity index (χ4n) is 3.15. The van der Waals surface area contributed by atoms with E-state index >= 15 is 0 Å². The number of carboxylic acid groups (broad SMARTS) is 1. The molecule has 3 rings (SSSR count). The van der Waals surface area contributed by atoms with Crippen molar-refractivity contribution in [2.75, 3.05) is 13.1 Å². The number of aliphatic carboxylic acids is 1. The smallest absolute Gasteiger partial charge is 0.334 e. The van der Waals surface area contributed by atoms with E-state index in [-0.39, 0.29) is 24.5 Å². The summed E-state index contributed by atoms with van der Waals surface area (Å²) in [5.74, 6) is -0.973. The van der Waals surface area contributed by atoms with E-state index in [0.29, 0.717) is 12.4 Å². The van der Waals surface area contributed by atoms with Gasteiger partial charge in [0.25, 0.3) is 0 Å². The van der Waals surface area contributed by atoms with E-state index in [4.69, 9.17) is 4.74 Å². The van der Waals surface area contributed by atoms with E-state index in [0.717, 1.165) is 5.56 Å². The number of amides is 1. The maximum Gasteiger partial charge on any atom is 0.334 e. The van der Waals surface area contributed by atoms with Gasteiger partial charge in [0.05, 0.1) is 12.6 Å². The molecule has 1 saturated heterocycles. The van der Waals surface area contributed by atoms with Crippen molar-refractivity contribution in [3.05, 3.63) is 30.3 Å². The summed E-state index contributed by atoms with van der Waals surface area (Å²) in [6.07, 6.45) is -1.39. The number of morpholine rings is 1. The van der Waals surface area contributed by atoms with Gasteiger partial charge < -0.3 is 14.7 Å². The van der Waals surface area contributed by atoms with E-state index in [1.807, 2.05) is 44.2 Å². The third kappa shape index (κ3) is 4.13. The molecule has 1 aromatic heterocycles. The van der Waals surface area contributed by atoms with E-state index in [9.17, 15) is 14.7 Å². The van der Waals surface area contributed by atoms with Crippen LogP contribution in [0.25, 0.3) is 11.4 Å². The molecule has 9 heteroatoms. The molecule has 2 heterocycles. The van der Waals surface area contributed by atoms with Gasteiger partial charge in [-0.15, -0.1) is 10.2 Å².